The van der Waals surface area contributed by atoms with Crippen LogP contribution in [0.25, 0.3) is 11.1 Å². The van der Waals surface area contributed by atoms with Crippen molar-refractivity contribution in [1.29, 1.82) is 5.26 Å². The lowest BCUT2D eigenvalue weighted by atomic mass is 9.45. The number of hydrogen-bond donors (Lipinski definition) is 1. The molecule has 1 aliphatic carbocycles. The molecule has 1 fully saturated rings. The van der Waals surface area contributed by atoms with Gasteiger partial charge in [-0.15, -0.1) is 0 Å². The highest BCUT2D eigenvalue weighted by atomic mass is 16.5. The molecule has 2 unspecified atom stereocenters. The Labute approximate surface area is 196 Å². The molecule has 1 saturated heterocycles. The zero-order valence-electron chi connectivity index (χ0n) is 18.9. The van der Waals surface area contributed by atoms with Gasteiger partial charge in [0.2, 0.25) is 0 Å². The van der Waals surface area contributed by atoms with Crippen LogP contribution < -0.4 is 10.5 Å². The van der Waals surface area contributed by atoms with Gasteiger partial charge in [0.1, 0.15) is 27.0 Å². The minimum atomic E-state index is -1.60. The molecule has 2 atom stereocenters. The first-order chi connectivity index (χ1) is 15.7. The molecule has 2 N–H and O–H groups in total. The minimum absolute atomic E-state index is 0.00434. The minimum Gasteiger partial charge on any atom is -0.497 e. The van der Waals surface area contributed by atoms with Crippen molar-refractivity contribution in [3.05, 3.63) is 53.1 Å². The summed E-state index contributed by atoms with van der Waals surface area (Å²) in [6, 6.07) is 13.9. The van der Waals surface area contributed by atoms with Crippen molar-refractivity contribution in [3.63, 3.8) is 0 Å². The quantitative estimate of drug-likeness (QED) is 0.747. The number of methoxy groups -OCH3 is 1. The van der Waals surface area contributed by atoms with Crippen LogP contribution in [-0.2, 0) is 21.4 Å². The third kappa shape index (κ3) is 3.09. The Kier molecular flexibility index (Phi) is 5.02. The summed E-state index contributed by atoms with van der Waals surface area (Å²) in [6.45, 7) is 3.59. The molecule has 5 rings (SSSR count). The van der Waals surface area contributed by atoms with Crippen LogP contribution in [0.15, 0.2) is 41.4 Å². The molecular formula is C25H25B2N3O3. The van der Waals surface area contributed by atoms with E-state index in [0.717, 1.165) is 41.5 Å². The van der Waals surface area contributed by atoms with Gasteiger partial charge >= 0.3 is 0 Å². The Morgan fingerprint density at radius 1 is 1.15 bits per heavy atom. The molecule has 2 aromatic rings. The van der Waals surface area contributed by atoms with Crippen LogP contribution in [0.3, 0.4) is 0 Å². The van der Waals surface area contributed by atoms with E-state index in [4.69, 9.17) is 40.6 Å². The number of rotatable bonds is 3. The number of ether oxygens (including phenoxy) is 3. The Morgan fingerprint density at radius 2 is 1.91 bits per heavy atom. The van der Waals surface area contributed by atoms with Crippen LogP contribution in [0.2, 0.25) is 0 Å². The number of amidine groups is 1. The van der Waals surface area contributed by atoms with E-state index in [9.17, 15) is 5.26 Å². The van der Waals surface area contributed by atoms with Crippen LogP contribution in [-0.4, -0.2) is 47.4 Å². The molecule has 0 saturated carbocycles. The van der Waals surface area contributed by atoms with Crippen LogP contribution in [0.1, 0.15) is 36.5 Å². The number of fused-ring (bicyclic) bond motifs is 2. The number of nitrogens with zero attached hydrogens (tertiary/aromatic N) is 2. The zero-order valence-corrected chi connectivity index (χ0v) is 18.9. The van der Waals surface area contributed by atoms with Gasteiger partial charge < -0.3 is 19.9 Å². The van der Waals surface area contributed by atoms with Crippen molar-refractivity contribution in [2.45, 2.75) is 37.1 Å². The highest BCUT2D eigenvalue weighted by molar-refractivity contribution is 6.41. The number of aliphatic imine (C=N–C) groups is 1. The fourth-order valence-corrected chi connectivity index (χ4v) is 6.17. The molecule has 4 radical (unpaired) electrons. The summed E-state index contributed by atoms with van der Waals surface area (Å²) >= 11 is 0. The smallest absolute Gasteiger partial charge is 0.281 e. The first-order valence-corrected chi connectivity index (χ1v) is 11.2. The summed E-state index contributed by atoms with van der Waals surface area (Å²) in [5, 5.41) is 7.87. The van der Waals surface area contributed by atoms with Gasteiger partial charge in [-0.2, -0.15) is 5.26 Å². The van der Waals surface area contributed by atoms with E-state index in [1.807, 2.05) is 12.1 Å². The highest BCUT2D eigenvalue weighted by Crippen LogP contribution is 2.64. The topological polar surface area (TPSA) is 89.9 Å². The molecule has 8 heteroatoms. The van der Waals surface area contributed by atoms with Crippen molar-refractivity contribution in [2.75, 3.05) is 20.3 Å². The van der Waals surface area contributed by atoms with E-state index >= 15 is 0 Å². The SMILES string of the molecule is [B]C1([B])OC(N)=NC12c1cc(-c3cc(C#N)cc(OC)c3)ccc1CC2(C)C1CCOCC1. The van der Waals surface area contributed by atoms with Gasteiger partial charge in [-0.05, 0) is 71.7 Å². The van der Waals surface area contributed by atoms with E-state index in [1.165, 1.54) is 0 Å². The Balaban J connectivity index is 1.71. The van der Waals surface area contributed by atoms with Gasteiger partial charge in [-0.1, -0.05) is 19.1 Å². The summed E-state index contributed by atoms with van der Waals surface area (Å²) in [5.74, 6) is 0.901. The summed E-state index contributed by atoms with van der Waals surface area (Å²) < 4.78 is 16.8. The van der Waals surface area contributed by atoms with Gasteiger partial charge in [0.15, 0.2) is 0 Å². The second-order valence-electron chi connectivity index (χ2n) is 9.47. The Bertz CT molecular complexity index is 1190. The third-order valence-corrected chi connectivity index (χ3v) is 7.73. The van der Waals surface area contributed by atoms with E-state index in [2.05, 4.69) is 31.2 Å². The number of hydrogen-bond acceptors (Lipinski definition) is 6. The van der Waals surface area contributed by atoms with Gasteiger partial charge in [-0.25, -0.2) is 4.99 Å². The van der Waals surface area contributed by atoms with Gasteiger partial charge in [0.25, 0.3) is 6.02 Å². The summed E-state index contributed by atoms with van der Waals surface area (Å²) in [7, 11) is 14.9. The maximum atomic E-state index is 9.46. The predicted octanol–water partition coefficient (Wildman–Crippen LogP) is 2.75. The number of nitriles is 1. The summed E-state index contributed by atoms with van der Waals surface area (Å²) in [4.78, 5) is 4.85. The van der Waals surface area contributed by atoms with Gasteiger partial charge in [0, 0.05) is 18.6 Å². The average Bonchev–Trinajstić information content (AvgIpc) is 3.23. The van der Waals surface area contributed by atoms with Crippen molar-refractivity contribution < 1.29 is 14.2 Å². The standard InChI is InChI=1S/C25H25B2N3O3/c1-23(19-5-7-32-8-6-19)13-17-4-3-16(18-9-15(14-28)10-20(11-18)31-2)12-21(17)24(23)25(26,27)33-22(29)30-24/h3-4,9-12,19H,5-8,13H2,1-2H3,(H2,29,30). The molecule has 0 bridgehead atoms. The lowest BCUT2D eigenvalue weighted by Crippen LogP contribution is -2.60. The Morgan fingerprint density at radius 3 is 2.55 bits per heavy atom. The number of nitrogens with two attached hydrogens (primary N) is 1. The first-order valence-electron chi connectivity index (χ1n) is 11.2. The average molecular weight is 437 g/mol. The molecule has 1 spiro atoms. The van der Waals surface area contributed by atoms with Gasteiger partial charge in [-0.3, -0.25) is 0 Å². The summed E-state index contributed by atoms with van der Waals surface area (Å²) in [6.07, 6.45) is 2.54. The maximum Gasteiger partial charge on any atom is 0.281 e. The molecule has 0 amide bonds. The third-order valence-electron chi connectivity index (χ3n) is 7.73. The van der Waals surface area contributed by atoms with Crippen LogP contribution in [0.4, 0.5) is 0 Å². The first kappa shape index (κ1) is 21.9. The van der Waals surface area contributed by atoms with Gasteiger partial charge in [0.05, 0.1) is 24.1 Å². The lowest BCUT2D eigenvalue weighted by molar-refractivity contribution is -0.0356. The molecule has 33 heavy (non-hydrogen) atoms. The van der Waals surface area contributed by atoms with E-state index in [-0.39, 0.29) is 11.9 Å². The molecule has 3 aliphatic rings. The summed E-state index contributed by atoms with van der Waals surface area (Å²) in [5.41, 5.74) is 8.97. The fourth-order valence-electron chi connectivity index (χ4n) is 6.17. The fraction of sp³-hybridized carbons (Fsp3) is 0.440. The van der Waals surface area contributed by atoms with Crippen molar-refractivity contribution >= 4 is 21.7 Å². The molecule has 0 aromatic heterocycles. The second kappa shape index (κ2) is 7.56. The molecule has 2 aromatic carbocycles. The maximum absolute atomic E-state index is 9.46. The predicted molar refractivity (Wildman–Crippen MR) is 127 cm³/mol. The van der Waals surface area contributed by atoms with E-state index < -0.39 is 16.4 Å². The lowest BCUT2D eigenvalue weighted by Gasteiger charge is -2.52. The van der Waals surface area contributed by atoms with Crippen LogP contribution in [0, 0.1) is 22.7 Å². The normalized spacial score (nSPS) is 28.1. The zero-order chi connectivity index (χ0) is 23.4. The van der Waals surface area contributed by atoms with Crippen LogP contribution >= 0.6 is 0 Å². The van der Waals surface area contributed by atoms with Crippen molar-refractivity contribution in [3.8, 4) is 22.9 Å². The largest absolute Gasteiger partial charge is 0.497 e. The van der Waals surface area contributed by atoms with Crippen LogP contribution in [0.5, 0.6) is 5.75 Å². The highest BCUT2D eigenvalue weighted by Gasteiger charge is 2.67. The Hall–Kier alpha value is -2.91. The van der Waals surface area contributed by atoms with Crippen molar-refractivity contribution in [2.24, 2.45) is 22.1 Å². The van der Waals surface area contributed by atoms with E-state index in [0.29, 0.717) is 24.5 Å². The molecule has 164 valence electrons. The molecule has 6 nitrogen and oxygen atoms in total. The molecule has 2 heterocycles. The second-order valence-corrected chi connectivity index (χ2v) is 9.47. The van der Waals surface area contributed by atoms with Crippen molar-refractivity contribution in [1.82, 2.24) is 0 Å². The van der Waals surface area contributed by atoms with E-state index in [1.54, 1.807) is 13.2 Å². The number of benzene rings is 2. The molecule has 2 aliphatic heterocycles. The monoisotopic (exact) mass is 437 g/mol. The molecular weight excluding hydrogens is 412 g/mol.